The van der Waals surface area contributed by atoms with Crippen LogP contribution in [0.2, 0.25) is 0 Å². The van der Waals surface area contributed by atoms with Crippen molar-refractivity contribution in [2.75, 3.05) is 13.1 Å². The van der Waals surface area contributed by atoms with Crippen LogP contribution in [0.1, 0.15) is 35.7 Å². The molecule has 0 aliphatic carbocycles. The van der Waals surface area contributed by atoms with Gasteiger partial charge in [0.1, 0.15) is 0 Å². The van der Waals surface area contributed by atoms with Crippen LogP contribution >= 0.6 is 0 Å². The summed E-state index contributed by atoms with van der Waals surface area (Å²) in [5.41, 5.74) is 6.97. The van der Waals surface area contributed by atoms with E-state index in [1.807, 2.05) is 17.6 Å². The van der Waals surface area contributed by atoms with Gasteiger partial charge in [0.05, 0.1) is 28.8 Å². The van der Waals surface area contributed by atoms with Crippen molar-refractivity contribution in [2.24, 2.45) is 0 Å². The van der Waals surface area contributed by atoms with Crippen molar-refractivity contribution >= 4 is 16.6 Å². The van der Waals surface area contributed by atoms with Gasteiger partial charge in [-0.3, -0.25) is 0 Å². The summed E-state index contributed by atoms with van der Waals surface area (Å²) in [6, 6.07) is 10.6. The molecule has 1 N–H and O–H groups in total. The molecule has 0 unspecified atom stereocenters. The Bertz CT molecular complexity index is 1140. The summed E-state index contributed by atoms with van der Waals surface area (Å²) in [4.78, 5) is 4.53. The number of nitrogens with one attached hydrogen (secondary N) is 1. The fourth-order valence-corrected chi connectivity index (χ4v) is 3.91. The van der Waals surface area contributed by atoms with Gasteiger partial charge in [0.15, 0.2) is 5.65 Å². The monoisotopic (exact) mass is 358 g/mol. The molecule has 1 saturated heterocycles. The lowest BCUT2D eigenvalue weighted by Gasteiger charge is -2.21. The second-order valence-corrected chi connectivity index (χ2v) is 7.43. The molecule has 1 aromatic carbocycles. The average molecular weight is 358 g/mol. The highest BCUT2D eigenvalue weighted by atomic mass is 15.2. The SMILES string of the molecule is Cc1cn2nc(-c3ccc4cc(C5CCNCC5)nnc4c3)cc(C)c2n1. The van der Waals surface area contributed by atoms with E-state index < -0.39 is 0 Å². The first-order valence-electron chi connectivity index (χ1n) is 9.49. The van der Waals surface area contributed by atoms with E-state index in [9.17, 15) is 0 Å². The highest BCUT2D eigenvalue weighted by Gasteiger charge is 2.17. The van der Waals surface area contributed by atoms with Gasteiger partial charge in [-0.1, -0.05) is 12.1 Å². The number of hydrogen-bond acceptors (Lipinski definition) is 5. The van der Waals surface area contributed by atoms with Crippen LogP contribution in [0.4, 0.5) is 0 Å². The van der Waals surface area contributed by atoms with Crippen molar-refractivity contribution in [3.05, 3.63) is 53.5 Å². The predicted octanol–water partition coefficient (Wildman–Crippen LogP) is 3.42. The minimum Gasteiger partial charge on any atom is -0.317 e. The number of imidazole rings is 1. The van der Waals surface area contributed by atoms with Crippen molar-refractivity contribution in [2.45, 2.75) is 32.6 Å². The fourth-order valence-electron chi connectivity index (χ4n) is 3.91. The molecule has 27 heavy (non-hydrogen) atoms. The smallest absolute Gasteiger partial charge is 0.156 e. The largest absolute Gasteiger partial charge is 0.317 e. The molecule has 4 aromatic rings. The van der Waals surface area contributed by atoms with Gasteiger partial charge in [-0.25, -0.2) is 9.50 Å². The molecule has 5 rings (SSSR count). The van der Waals surface area contributed by atoms with Gasteiger partial charge in [-0.05, 0) is 63.5 Å². The first-order chi connectivity index (χ1) is 13.2. The number of nitrogens with zero attached hydrogens (tertiary/aromatic N) is 5. The third-order valence-corrected chi connectivity index (χ3v) is 5.39. The van der Waals surface area contributed by atoms with Crippen LogP contribution in [-0.2, 0) is 0 Å². The zero-order chi connectivity index (χ0) is 18.4. The van der Waals surface area contributed by atoms with E-state index in [-0.39, 0.29) is 0 Å². The number of rotatable bonds is 2. The van der Waals surface area contributed by atoms with Crippen LogP contribution in [-0.4, -0.2) is 37.9 Å². The van der Waals surface area contributed by atoms with Gasteiger partial charge in [0.25, 0.3) is 0 Å². The summed E-state index contributed by atoms with van der Waals surface area (Å²) in [6.45, 7) is 6.17. The normalized spacial score (nSPS) is 15.6. The Morgan fingerprint density at radius 2 is 1.89 bits per heavy atom. The molecule has 1 fully saturated rings. The van der Waals surface area contributed by atoms with Crippen LogP contribution in [0, 0.1) is 13.8 Å². The molecular weight excluding hydrogens is 336 g/mol. The summed E-state index contributed by atoms with van der Waals surface area (Å²) in [6.07, 6.45) is 4.22. The van der Waals surface area contributed by atoms with Crippen molar-refractivity contribution in [3.63, 3.8) is 0 Å². The van der Waals surface area contributed by atoms with Gasteiger partial charge in [-0.15, -0.1) is 0 Å². The quantitative estimate of drug-likeness (QED) is 0.595. The molecule has 0 radical (unpaired) electrons. The van der Waals surface area contributed by atoms with Gasteiger partial charge >= 0.3 is 0 Å². The van der Waals surface area contributed by atoms with E-state index in [1.54, 1.807) is 0 Å². The van der Waals surface area contributed by atoms with E-state index in [0.717, 1.165) is 70.7 Å². The minimum atomic E-state index is 0.513. The lowest BCUT2D eigenvalue weighted by molar-refractivity contribution is 0.451. The maximum absolute atomic E-state index is 4.72. The molecule has 6 heteroatoms. The van der Waals surface area contributed by atoms with E-state index in [4.69, 9.17) is 5.10 Å². The summed E-state index contributed by atoms with van der Waals surface area (Å²) >= 11 is 0. The van der Waals surface area contributed by atoms with Gasteiger partial charge in [-0.2, -0.15) is 15.3 Å². The molecule has 0 bridgehead atoms. The topological polar surface area (TPSA) is 68.0 Å². The second-order valence-electron chi connectivity index (χ2n) is 7.43. The van der Waals surface area contributed by atoms with Crippen molar-refractivity contribution in [3.8, 4) is 11.3 Å². The highest BCUT2D eigenvalue weighted by molar-refractivity contribution is 5.83. The number of piperidine rings is 1. The summed E-state index contributed by atoms with van der Waals surface area (Å²) in [7, 11) is 0. The average Bonchev–Trinajstić information content (AvgIpc) is 3.09. The lowest BCUT2D eigenvalue weighted by atomic mass is 9.93. The summed E-state index contributed by atoms with van der Waals surface area (Å²) in [5, 5.41) is 18.3. The molecule has 6 nitrogen and oxygen atoms in total. The molecule has 0 amide bonds. The van der Waals surface area contributed by atoms with Crippen molar-refractivity contribution in [1.29, 1.82) is 0 Å². The zero-order valence-corrected chi connectivity index (χ0v) is 15.6. The Labute approximate surface area is 157 Å². The van der Waals surface area contributed by atoms with Crippen molar-refractivity contribution < 1.29 is 0 Å². The summed E-state index contributed by atoms with van der Waals surface area (Å²) in [5.74, 6) is 0.513. The molecule has 3 aromatic heterocycles. The zero-order valence-electron chi connectivity index (χ0n) is 15.6. The third kappa shape index (κ3) is 2.96. The van der Waals surface area contributed by atoms with E-state index in [0.29, 0.717) is 5.92 Å². The first-order valence-corrected chi connectivity index (χ1v) is 9.49. The maximum atomic E-state index is 4.72. The fraction of sp³-hybridized carbons (Fsp3) is 0.333. The van der Waals surface area contributed by atoms with E-state index in [2.05, 4.69) is 57.8 Å². The molecule has 136 valence electrons. The maximum Gasteiger partial charge on any atom is 0.156 e. The standard InChI is InChI=1S/C21H22N6/c1-13-9-20(26-27-12-14(2)23-21(13)27)17-4-3-16-10-18(24-25-19(16)11-17)15-5-7-22-8-6-15/h3-4,9-12,15,22H,5-8H2,1-2H3. The molecule has 1 aliphatic rings. The Hall–Kier alpha value is -2.86. The van der Waals surface area contributed by atoms with E-state index >= 15 is 0 Å². The summed E-state index contributed by atoms with van der Waals surface area (Å²) < 4.78 is 1.86. The van der Waals surface area contributed by atoms with Crippen LogP contribution < -0.4 is 5.32 Å². The van der Waals surface area contributed by atoms with Crippen LogP contribution in [0.5, 0.6) is 0 Å². The molecular formula is C21H22N6. The molecule has 0 saturated carbocycles. The van der Waals surface area contributed by atoms with Crippen molar-refractivity contribution in [1.82, 2.24) is 30.1 Å². The Kier molecular flexibility index (Phi) is 3.86. The van der Waals surface area contributed by atoms with Gasteiger partial charge in [0, 0.05) is 16.9 Å². The van der Waals surface area contributed by atoms with Crippen LogP contribution in [0.3, 0.4) is 0 Å². The minimum absolute atomic E-state index is 0.513. The molecule has 0 spiro atoms. The highest BCUT2D eigenvalue weighted by Crippen LogP contribution is 2.27. The lowest BCUT2D eigenvalue weighted by Crippen LogP contribution is -2.27. The third-order valence-electron chi connectivity index (χ3n) is 5.39. The molecule has 0 atom stereocenters. The second kappa shape index (κ2) is 6.39. The first kappa shape index (κ1) is 16.3. The molecule has 1 aliphatic heterocycles. The van der Waals surface area contributed by atoms with Crippen LogP contribution in [0.15, 0.2) is 36.5 Å². The molecule has 4 heterocycles. The number of aryl methyl sites for hydroxylation is 2. The Morgan fingerprint density at radius 3 is 2.74 bits per heavy atom. The number of aromatic nitrogens is 5. The number of benzene rings is 1. The Morgan fingerprint density at radius 1 is 1.04 bits per heavy atom. The number of fused-ring (bicyclic) bond motifs is 2. The number of hydrogen-bond donors (Lipinski definition) is 1. The Balaban J connectivity index is 1.54. The van der Waals surface area contributed by atoms with E-state index in [1.165, 1.54) is 0 Å². The van der Waals surface area contributed by atoms with Gasteiger partial charge < -0.3 is 5.32 Å². The predicted molar refractivity (Wildman–Crippen MR) is 106 cm³/mol. The van der Waals surface area contributed by atoms with Gasteiger partial charge in [0.2, 0.25) is 0 Å². The van der Waals surface area contributed by atoms with Crippen LogP contribution in [0.25, 0.3) is 27.8 Å².